The van der Waals surface area contributed by atoms with E-state index in [9.17, 15) is 4.79 Å². The number of hydrogen-bond donors (Lipinski definition) is 1. The molecule has 0 radical (unpaired) electrons. The van der Waals surface area contributed by atoms with Gasteiger partial charge in [-0.2, -0.15) is 0 Å². The predicted molar refractivity (Wildman–Crippen MR) is 71.4 cm³/mol. The van der Waals surface area contributed by atoms with Gasteiger partial charge in [0.1, 0.15) is 5.15 Å². The van der Waals surface area contributed by atoms with Crippen molar-refractivity contribution >= 4 is 28.1 Å². The third-order valence-electron chi connectivity index (χ3n) is 2.85. The van der Waals surface area contributed by atoms with Crippen LogP contribution < -0.4 is 5.56 Å². The number of pyridine rings is 1. The normalized spacial score (nSPS) is 10.8. The average molecular weight is 249 g/mol. The van der Waals surface area contributed by atoms with Gasteiger partial charge in [-0.3, -0.25) is 4.79 Å². The van der Waals surface area contributed by atoms with Gasteiger partial charge in [0, 0.05) is 23.7 Å². The van der Waals surface area contributed by atoms with E-state index in [2.05, 4.69) is 0 Å². The Labute approximate surface area is 104 Å². The van der Waals surface area contributed by atoms with E-state index in [1.54, 1.807) is 20.0 Å². The van der Waals surface area contributed by atoms with Gasteiger partial charge >= 0.3 is 0 Å². The van der Waals surface area contributed by atoms with Crippen molar-refractivity contribution in [3.8, 4) is 0 Å². The van der Waals surface area contributed by atoms with E-state index in [4.69, 9.17) is 17.0 Å². The summed E-state index contributed by atoms with van der Waals surface area (Å²) in [6.07, 6.45) is 0. The van der Waals surface area contributed by atoms with E-state index in [0.29, 0.717) is 16.3 Å². The summed E-state index contributed by atoms with van der Waals surface area (Å²) in [4.78, 5) is 12.1. The summed E-state index contributed by atoms with van der Waals surface area (Å²) >= 11 is 6.00. The Kier molecular flexibility index (Phi) is 2.79. The number of benzene rings is 1. The van der Waals surface area contributed by atoms with Crippen LogP contribution in [0.25, 0.3) is 10.8 Å². The summed E-state index contributed by atoms with van der Waals surface area (Å²) in [5, 5.41) is 9.50. The van der Waals surface area contributed by atoms with Crippen molar-refractivity contribution in [3.05, 3.63) is 44.8 Å². The van der Waals surface area contributed by atoms with E-state index in [0.717, 1.165) is 16.5 Å². The lowest BCUT2D eigenvalue weighted by Gasteiger charge is -2.09. The quantitative estimate of drug-likeness (QED) is 0.612. The molecule has 0 bridgehead atoms. The van der Waals surface area contributed by atoms with Gasteiger partial charge in [0.25, 0.3) is 5.56 Å². The molecule has 0 fully saturated rings. The van der Waals surface area contributed by atoms with E-state index in [1.807, 2.05) is 19.1 Å². The molecule has 0 spiro atoms. The number of rotatable bonds is 1. The molecule has 0 atom stereocenters. The van der Waals surface area contributed by atoms with Crippen LogP contribution in [-0.4, -0.2) is 10.3 Å². The number of aryl methyl sites for hydroxylation is 1. The van der Waals surface area contributed by atoms with Gasteiger partial charge in [0.05, 0.1) is 0 Å². The number of hydrogen-bond acceptors (Lipinski definition) is 2. The molecule has 4 heteroatoms. The smallest absolute Gasteiger partial charge is 0.259 e. The van der Waals surface area contributed by atoms with Gasteiger partial charge in [-0.05, 0) is 43.0 Å². The van der Waals surface area contributed by atoms with Gasteiger partial charge in [-0.15, -0.1) is 0 Å². The molecule has 1 aromatic carbocycles. The number of aromatic nitrogens is 1. The molecule has 17 heavy (non-hydrogen) atoms. The van der Waals surface area contributed by atoms with Gasteiger partial charge in [0.2, 0.25) is 0 Å². The standard InChI is InChI=1S/C13H13ClN2O/c1-7-4-9(8(2)15)10-6-12(14)16(3)13(17)11(10)5-7/h4-6,15H,1-3H3. The Hall–Kier alpha value is -1.61. The van der Waals surface area contributed by atoms with Gasteiger partial charge in [0.15, 0.2) is 0 Å². The predicted octanol–water partition coefficient (Wildman–Crippen LogP) is 2.89. The van der Waals surface area contributed by atoms with E-state index in [1.165, 1.54) is 4.57 Å². The fraction of sp³-hybridized carbons (Fsp3) is 0.231. The number of nitrogens with zero attached hydrogens (tertiary/aromatic N) is 1. The Balaban J connectivity index is 3.05. The minimum Gasteiger partial charge on any atom is -0.305 e. The zero-order valence-electron chi connectivity index (χ0n) is 9.97. The molecule has 0 saturated heterocycles. The second kappa shape index (κ2) is 4.00. The van der Waals surface area contributed by atoms with Crippen LogP contribution in [0.3, 0.4) is 0 Å². The highest BCUT2D eigenvalue weighted by Crippen LogP contribution is 2.21. The summed E-state index contributed by atoms with van der Waals surface area (Å²) in [6, 6.07) is 5.48. The molecule has 2 rings (SSSR count). The molecule has 1 aromatic heterocycles. The van der Waals surface area contributed by atoms with Crippen LogP contribution in [-0.2, 0) is 7.05 Å². The van der Waals surface area contributed by atoms with Crippen molar-refractivity contribution in [1.29, 1.82) is 5.41 Å². The highest BCUT2D eigenvalue weighted by Gasteiger charge is 2.10. The van der Waals surface area contributed by atoms with Gasteiger partial charge in [-0.25, -0.2) is 0 Å². The monoisotopic (exact) mass is 248 g/mol. The Morgan fingerprint density at radius 1 is 1.29 bits per heavy atom. The first-order valence-electron chi connectivity index (χ1n) is 5.27. The topological polar surface area (TPSA) is 45.9 Å². The van der Waals surface area contributed by atoms with Crippen molar-refractivity contribution in [2.24, 2.45) is 7.05 Å². The summed E-state index contributed by atoms with van der Waals surface area (Å²) < 4.78 is 1.41. The van der Waals surface area contributed by atoms with Crippen LogP contribution in [0.15, 0.2) is 23.0 Å². The van der Waals surface area contributed by atoms with E-state index >= 15 is 0 Å². The lowest BCUT2D eigenvalue weighted by molar-refractivity contribution is 0.874. The molecule has 0 unspecified atom stereocenters. The van der Waals surface area contributed by atoms with Crippen LogP contribution in [0.1, 0.15) is 18.1 Å². The first-order chi connectivity index (χ1) is 7.91. The third-order valence-corrected chi connectivity index (χ3v) is 3.21. The van der Waals surface area contributed by atoms with Crippen LogP contribution in [0.2, 0.25) is 5.15 Å². The molecule has 1 heterocycles. The zero-order valence-corrected chi connectivity index (χ0v) is 10.7. The lowest BCUT2D eigenvalue weighted by Crippen LogP contribution is -2.18. The van der Waals surface area contributed by atoms with Crippen molar-refractivity contribution in [2.45, 2.75) is 13.8 Å². The molecular weight excluding hydrogens is 236 g/mol. The molecule has 0 saturated carbocycles. The maximum Gasteiger partial charge on any atom is 0.259 e. The van der Waals surface area contributed by atoms with E-state index in [-0.39, 0.29) is 5.56 Å². The second-order valence-electron chi connectivity index (χ2n) is 4.23. The summed E-state index contributed by atoms with van der Waals surface area (Å²) in [5.74, 6) is 0. The molecule has 0 aliphatic rings. The largest absolute Gasteiger partial charge is 0.305 e. The first-order valence-corrected chi connectivity index (χ1v) is 5.65. The Bertz CT molecular complexity index is 686. The maximum absolute atomic E-state index is 12.1. The molecule has 0 amide bonds. The second-order valence-corrected chi connectivity index (χ2v) is 4.62. The number of fused-ring (bicyclic) bond motifs is 1. The van der Waals surface area contributed by atoms with Crippen molar-refractivity contribution < 1.29 is 0 Å². The summed E-state index contributed by atoms with van der Waals surface area (Å²) in [7, 11) is 1.64. The maximum atomic E-state index is 12.1. The fourth-order valence-corrected chi connectivity index (χ4v) is 2.12. The van der Waals surface area contributed by atoms with Crippen LogP contribution in [0.4, 0.5) is 0 Å². The van der Waals surface area contributed by atoms with Crippen LogP contribution in [0.5, 0.6) is 0 Å². The van der Waals surface area contributed by atoms with E-state index < -0.39 is 0 Å². The highest BCUT2D eigenvalue weighted by molar-refractivity contribution is 6.30. The zero-order chi connectivity index (χ0) is 12.7. The molecule has 0 aliphatic carbocycles. The number of nitrogens with one attached hydrogen (secondary N) is 1. The lowest BCUT2D eigenvalue weighted by atomic mass is 10.00. The van der Waals surface area contributed by atoms with Gasteiger partial charge in [-0.1, -0.05) is 11.6 Å². The fourth-order valence-electron chi connectivity index (χ4n) is 1.93. The molecule has 0 aliphatic heterocycles. The van der Waals surface area contributed by atoms with Gasteiger partial charge < -0.3 is 9.98 Å². The molecule has 3 nitrogen and oxygen atoms in total. The summed E-state index contributed by atoms with van der Waals surface area (Å²) in [6.45, 7) is 3.62. The average Bonchev–Trinajstić information content (AvgIpc) is 2.26. The first kappa shape index (κ1) is 11.9. The molecule has 88 valence electrons. The van der Waals surface area contributed by atoms with Crippen molar-refractivity contribution in [1.82, 2.24) is 4.57 Å². The van der Waals surface area contributed by atoms with Crippen molar-refractivity contribution in [2.75, 3.05) is 0 Å². The summed E-state index contributed by atoms with van der Waals surface area (Å²) in [5.41, 5.74) is 2.04. The molecule has 1 N–H and O–H groups in total. The van der Waals surface area contributed by atoms with Crippen LogP contribution >= 0.6 is 11.6 Å². The molecular formula is C13H13ClN2O. The Morgan fingerprint density at radius 2 is 1.94 bits per heavy atom. The third kappa shape index (κ3) is 1.87. The minimum absolute atomic E-state index is 0.126. The Morgan fingerprint density at radius 3 is 2.53 bits per heavy atom. The SMILES string of the molecule is CC(=N)c1cc(C)cc2c(=O)n(C)c(Cl)cc12. The number of halogens is 1. The molecule has 2 aromatic rings. The van der Waals surface area contributed by atoms with Crippen molar-refractivity contribution in [3.63, 3.8) is 0 Å². The minimum atomic E-state index is -0.126. The highest BCUT2D eigenvalue weighted by atomic mass is 35.5. The van der Waals surface area contributed by atoms with Crippen LogP contribution in [0, 0.1) is 12.3 Å².